The van der Waals surface area contributed by atoms with Gasteiger partial charge >= 0.3 is 0 Å². The Morgan fingerprint density at radius 1 is 1.11 bits per heavy atom. The molecule has 0 atom stereocenters. The summed E-state index contributed by atoms with van der Waals surface area (Å²) in [4.78, 5) is 9.00. The van der Waals surface area contributed by atoms with Gasteiger partial charge < -0.3 is 15.1 Å². The van der Waals surface area contributed by atoms with E-state index in [1.54, 1.807) is 18.4 Å². The van der Waals surface area contributed by atoms with Crippen LogP contribution in [0.15, 0.2) is 52.8 Å². The highest BCUT2D eigenvalue weighted by Gasteiger charge is 2.20. The summed E-state index contributed by atoms with van der Waals surface area (Å²) in [6.07, 6.45) is 0.573. The van der Waals surface area contributed by atoms with E-state index in [4.69, 9.17) is 0 Å². The zero-order valence-electron chi connectivity index (χ0n) is 16.3. The van der Waals surface area contributed by atoms with Crippen LogP contribution in [0.4, 0.5) is 5.00 Å². The maximum Gasteiger partial charge on any atom is 0.193 e. The number of nitrogens with one attached hydrogen (secondary N) is 1. The van der Waals surface area contributed by atoms with E-state index < -0.39 is 9.84 Å². The Bertz CT molecular complexity index is 844. The summed E-state index contributed by atoms with van der Waals surface area (Å²) in [5.41, 5.74) is 0.842. The minimum Gasteiger partial charge on any atom is -0.360 e. The second kappa shape index (κ2) is 9.93. The number of piperazine rings is 1. The van der Waals surface area contributed by atoms with Crippen LogP contribution in [-0.2, 0) is 15.6 Å². The Hall–Kier alpha value is -2.06. The molecule has 2 aromatic rings. The molecule has 0 saturated carbocycles. The third-order valence-electron chi connectivity index (χ3n) is 4.75. The molecule has 0 spiro atoms. The first-order valence-corrected chi connectivity index (χ1v) is 12.3. The predicted molar refractivity (Wildman–Crippen MR) is 118 cm³/mol. The van der Waals surface area contributed by atoms with Gasteiger partial charge in [-0.2, -0.15) is 0 Å². The summed E-state index contributed by atoms with van der Waals surface area (Å²) in [6, 6.07) is 13.6. The molecule has 28 heavy (non-hydrogen) atoms. The number of hydrogen-bond acceptors (Lipinski definition) is 5. The van der Waals surface area contributed by atoms with Gasteiger partial charge in [-0.3, -0.25) is 4.99 Å². The lowest BCUT2D eigenvalue weighted by Crippen LogP contribution is -2.52. The molecule has 152 valence electrons. The summed E-state index contributed by atoms with van der Waals surface area (Å²) in [5.74, 6) is 1.14. The first kappa shape index (κ1) is 20.7. The van der Waals surface area contributed by atoms with Crippen LogP contribution in [0.3, 0.4) is 0 Å². The maximum absolute atomic E-state index is 12.3. The van der Waals surface area contributed by atoms with Crippen molar-refractivity contribution >= 4 is 32.1 Å². The van der Waals surface area contributed by atoms with Crippen molar-refractivity contribution in [3.8, 4) is 0 Å². The van der Waals surface area contributed by atoms with Crippen molar-refractivity contribution in [2.45, 2.75) is 12.2 Å². The summed E-state index contributed by atoms with van der Waals surface area (Å²) in [6.45, 7) is 4.35. The maximum atomic E-state index is 12.3. The van der Waals surface area contributed by atoms with E-state index in [1.807, 2.05) is 30.3 Å². The molecule has 1 fully saturated rings. The number of sulfone groups is 1. The van der Waals surface area contributed by atoms with E-state index >= 15 is 0 Å². The molecule has 1 aromatic heterocycles. The lowest BCUT2D eigenvalue weighted by Gasteiger charge is -2.37. The van der Waals surface area contributed by atoms with Crippen molar-refractivity contribution in [3.05, 3.63) is 53.4 Å². The third-order valence-corrected chi connectivity index (χ3v) is 7.37. The number of benzene rings is 1. The van der Waals surface area contributed by atoms with Crippen LogP contribution in [0.5, 0.6) is 0 Å². The number of anilines is 1. The molecule has 0 radical (unpaired) electrons. The van der Waals surface area contributed by atoms with E-state index in [1.165, 1.54) is 5.00 Å². The highest BCUT2D eigenvalue weighted by atomic mass is 32.2. The minimum absolute atomic E-state index is 0.104. The fourth-order valence-corrected chi connectivity index (χ4v) is 5.53. The topological polar surface area (TPSA) is 65.0 Å². The van der Waals surface area contributed by atoms with Gasteiger partial charge in [0.1, 0.15) is 0 Å². The van der Waals surface area contributed by atoms with Gasteiger partial charge in [-0.05, 0) is 29.5 Å². The number of rotatable bonds is 7. The van der Waals surface area contributed by atoms with Crippen molar-refractivity contribution in [1.29, 1.82) is 0 Å². The fraction of sp³-hybridized carbons (Fsp3) is 0.450. The first-order valence-electron chi connectivity index (χ1n) is 9.56. The molecule has 1 aliphatic rings. The summed E-state index contributed by atoms with van der Waals surface area (Å²) in [5, 5.41) is 6.74. The Labute approximate surface area is 171 Å². The summed E-state index contributed by atoms with van der Waals surface area (Å²) < 4.78 is 24.6. The highest BCUT2D eigenvalue weighted by molar-refractivity contribution is 7.90. The molecule has 6 nitrogen and oxygen atoms in total. The van der Waals surface area contributed by atoms with Crippen LogP contribution >= 0.6 is 11.3 Å². The Kier molecular flexibility index (Phi) is 7.33. The van der Waals surface area contributed by atoms with Crippen molar-refractivity contribution in [1.82, 2.24) is 10.2 Å². The van der Waals surface area contributed by atoms with E-state index in [0.717, 1.165) is 37.7 Å². The van der Waals surface area contributed by atoms with Crippen molar-refractivity contribution in [3.63, 3.8) is 0 Å². The number of hydrogen-bond donors (Lipinski definition) is 1. The smallest absolute Gasteiger partial charge is 0.193 e. The molecule has 2 heterocycles. The molecule has 1 saturated heterocycles. The lowest BCUT2D eigenvalue weighted by molar-refractivity contribution is 0.373. The van der Waals surface area contributed by atoms with Gasteiger partial charge in [0.05, 0.1) is 16.5 Å². The number of aliphatic imine (C=N–C) groups is 1. The number of nitrogens with zero attached hydrogens (tertiary/aromatic N) is 3. The second-order valence-electron chi connectivity index (χ2n) is 6.83. The van der Waals surface area contributed by atoms with Gasteiger partial charge in [0, 0.05) is 39.8 Å². The van der Waals surface area contributed by atoms with Crippen LogP contribution in [-0.4, -0.2) is 64.8 Å². The van der Waals surface area contributed by atoms with Gasteiger partial charge in [0.2, 0.25) is 0 Å². The molecular weight excluding hydrogens is 392 g/mol. The van der Waals surface area contributed by atoms with Crippen LogP contribution in [0.25, 0.3) is 0 Å². The molecule has 8 heteroatoms. The number of thiophene rings is 1. The van der Waals surface area contributed by atoms with Crippen LogP contribution in [0, 0.1) is 0 Å². The van der Waals surface area contributed by atoms with Crippen LogP contribution in [0.1, 0.15) is 12.0 Å². The monoisotopic (exact) mass is 420 g/mol. The number of guanidine groups is 1. The Morgan fingerprint density at radius 3 is 2.50 bits per heavy atom. The summed E-state index contributed by atoms with van der Waals surface area (Å²) >= 11 is 1.77. The lowest BCUT2D eigenvalue weighted by atomic mass is 10.2. The van der Waals surface area contributed by atoms with Gasteiger partial charge in [-0.25, -0.2) is 8.42 Å². The van der Waals surface area contributed by atoms with Gasteiger partial charge in [-0.15, -0.1) is 11.3 Å². The zero-order chi connectivity index (χ0) is 19.8. The molecule has 1 aliphatic heterocycles. The largest absolute Gasteiger partial charge is 0.360 e. The molecule has 1 aromatic carbocycles. The average Bonchev–Trinajstić information content (AvgIpc) is 3.23. The highest BCUT2D eigenvalue weighted by Crippen LogP contribution is 2.22. The van der Waals surface area contributed by atoms with E-state index in [0.29, 0.717) is 13.0 Å². The van der Waals surface area contributed by atoms with E-state index in [9.17, 15) is 8.42 Å². The quantitative estimate of drug-likeness (QED) is 0.423. The summed E-state index contributed by atoms with van der Waals surface area (Å²) in [7, 11) is -1.32. The van der Waals surface area contributed by atoms with Crippen LogP contribution < -0.4 is 10.2 Å². The van der Waals surface area contributed by atoms with Gasteiger partial charge in [0.15, 0.2) is 15.8 Å². The van der Waals surface area contributed by atoms with Gasteiger partial charge in [0.25, 0.3) is 0 Å². The molecule has 1 N–H and O–H groups in total. The van der Waals surface area contributed by atoms with Crippen molar-refractivity contribution < 1.29 is 8.42 Å². The first-order chi connectivity index (χ1) is 13.6. The Morgan fingerprint density at radius 2 is 1.86 bits per heavy atom. The standard InChI is InChI=1S/C20H28N4O2S2/c1-21-20(24-13-11-23(12-14-24)19-9-5-15-27-19)22-10-6-16-28(25,26)17-18-7-3-2-4-8-18/h2-5,7-9,15H,6,10-14,16-17H2,1H3,(H,21,22). The molecule has 0 amide bonds. The third kappa shape index (κ3) is 5.97. The fourth-order valence-electron chi connectivity index (χ4n) is 3.31. The van der Waals surface area contributed by atoms with Crippen molar-refractivity contribution in [2.24, 2.45) is 4.99 Å². The molecule has 0 unspecified atom stereocenters. The molecule has 3 rings (SSSR count). The van der Waals surface area contributed by atoms with Crippen molar-refractivity contribution in [2.75, 3.05) is 50.4 Å². The van der Waals surface area contributed by atoms with Crippen LogP contribution in [0.2, 0.25) is 0 Å². The van der Waals surface area contributed by atoms with E-state index in [-0.39, 0.29) is 11.5 Å². The second-order valence-corrected chi connectivity index (χ2v) is 9.94. The molecule has 0 aliphatic carbocycles. The predicted octanol–water partition coefficient (Wildman–Crippen LogP) is 2.45. The van der Waals surface area contributed by atoms with E-state index in [2.05, 4.69) is 37.6 Å². The normalized spacial score (nSPS) is 15.7. The molecular formula is C20H28N4O2S2. The van der Waals surface area contributed by atoms with Gasteiger partial charge in [-0.1, -0.05) is 30.3 Å². The Balaban J connectivity index is 1.40. The minimum atomic E-state index is -3.10. The molecule has 0 bridgehead atoms. The average molecular weight is 421 g/mol. The SMILES string of the molecule is CN=C(NCCCS(=O)(=O)Cc1ccccc1)N1CCN(c2cccs2)CC1. The zero-order valence-corrected chi connectivity index (χ0v) is 17.9.